The lowest BCUT2D eigenvalue weighted by atomic mass is 10.1. The first-order valence-corrected chi connectivity index (χ1v) is 8.60. The van der Waals surface area contributed by atoms with E-state index in [-0.39, 0.29) is 19.1 Å². The number of aliphatic hydroxyl groups is 1. The Balaban J connectivity index is 1.90. The zero-order chi connectivity index (χ0) is 19.2. The predicted octanol–water partition coefficient (Wildman–Crippen LogP) is 2.13. The van der Waals surface area contributed by atoms with Crippen molar-refractivity contribution in [3.8, 4) is 17.0 Å². The fraction of sp³-hybridized carbons (Fsp3) is 0.250. The third-order valence-electron chi connectivity index (χ3n) is 4.28. The highest BCUT2D eigenvalue weighted by atomic mass is 16.5. The first-order chi connectivity index (χ1) is 13.1. The molecule has 1 amide bonds. The Labute approximate surface area is 157 Å². The van der Waals surface area contributed by atoms with E-state index in [9.17, 15) is 9.90 Å². The molecule has 0 saturated heterocycles. The first kappa shape index (κ1) is 18.6. The lowest BCUT2D eigenvalue weighted by molar-refractivity contribution is 0.0701. The Morgan fingerprint density at radius 2 is 2.07 bits per heavy atom. The molecule has 0 aliphatic rings. The van der Waals surface area contributed by atoms with E-state index < -0.39 is 0 Å². The number of aromatic nitrogens is 3. The zero-order valence-electron chi connectivity index (χ0n) is 15.4. The number of methoxy groups -OCH3 is 1. The molecule has 140 valence electrons. The number of aryl methyl sites for hydroxylation is 1. The van der Waals surface area contributed by atoms with Gasteiger partial charge >= 0.3 is 0 Å². The van der Waals surface area contributed by atoms with Crippen LogP contribution in [0.2, 0.25) is 0 Å². The number of imidazole rings is 1. The maximum absolute atomic E-state index is 13.0. The van der Waals surface area contributed by atoms with Gasteiger partial charge in [0.1, 0.15) is 17.3 Å². The number of benzene rings is 1. The number of carbonyl (C=O) groups excluding carboxylic acids is 1. The molecule has 0 bridgehead atoms. The summed E-state index contributed by atoms with van der Waals surface area (Å²) in [6, 6.07) is 10.9. The van der Waals surface area contributed by atoms with Crippen molar-refractivity contribution in [2.45, 2.75) is 6.54 Å². The van der Waals surface area contributed by atoms with E-state index in [0.717, 1.165) is 11.4 Å². The lowest BCUT2D eigenvalue weighted by Gasteiger charge is -2.22. The normalized spacial score (nSPS) is 10.6. The van der Waals surface area contributed by atoms with Gasteiger partial charge in [-0.25, -0.2) is 4.98 Å². The van der Waals surface area contributed by atoms with Gasteiger partial charge in [-0.1, -0.05) is 12.1 Å². The van der Waals surface area contributed by atoms with E-state index in [1.807, 2.05) is 36.0 Å². The Morgan fingerprint density at radius 3 is 2.78 bits per heavy atom. The van der Waals surface area contributed by atoms with Gasteiger partial charge in [0.05, 0.1) is 20.3 Å². The topological polar surface area (TPSA) is 80.5 Å². The van der Waals surface area contributed by atoms with Crippen molar-refractivity contribution in [1.29, 1.82) is 0 Å². The van der Waals surface area contributed by atoms with Gasteiger partial charge in [0, 0.05) is 43.3 Å². The van der Waals surface area contributed by atoms with Gasteiger partial charge < -0.3 is 19.3 Å². The van der Waals surface area contributed by atoms with Crippen molar-refractivity contribution >= 4 is 5.91 Å². The molecule has 27 heavy (non-hydrogen) atoms. The van der Waals surface area contributed by atoms with Crippen LogP contribution in [-0.2, 0) is 13.6 Å². The second-order valence-corrected chi connectivity index (χ2v) is 6.04. The van der Waals surface area contributed by atoms with E-state index in [4.69, 9.17) is 4.74 Å². The Kier molecular flexibility index (Phi) is 5.83. The van der Waals surface area contributed by atoms with Gasteiger partial charge in [-0.15, -0.1) is 0 Å². The minimum Gasteiger partial charge on any atom is -0.494 e. The molecule has 3 aromatic rings. The number of pyridine rings is 1. The monoisotopic (exact) mass is 366 g/mol. The average Bonchev–Trinajstić information content (AvgIpc) is 3.11. The van der Waals surface area contributed by atoms with Crippen LogP contribution in [0.5, 0.6) is 5.75 Å². The smallest absolute Gasteiger partial charge is 0.254 e. The first-order valence-electron chi connectivity index (χ1n) is 8.60. The molecule has 2 heterocycles. The fourth-order valence-corrected chi connectivity index (χ4v) is 2.85. The van der Waals surface area contributed by atoms with Gasteiger partial charge in [-0.05, 0) is 24.3 Å². The van der Waals surface area contributed by atoms with Crippen molar-refractivity contribution in [3.05, 3.63) is 66.4 Å². The van der Waals surface area contributed by atoms with Crippen molar-refractivity contribution in [2.75, 3.05) is 20.3 Å². The van der Waals surface area contributed by atoms with Gasteiger partial charge in [-0.2, -0.15) is 0 Å². The molecular weight excluding hydrogens is 344 g/mol. The summed E-state index contributed by atoms with van der Waals surface area (Å²) in [5.74, 6) is 1.21. The molecule has 0 radical (unpaired) electrons. The highest BCUT2D eigenvalue weighted by Gasteiger charge is 2.18. The highest BCUT2D eigenvalue weighted by Crippen LogP contribution is 2.28. The second kappa shape index (κ2) is 8.46. The van der Waals surface area contributed by atoms with E-state index in [1.54, 1.807) is 42.6 Å². The number of rotatable bonds is 7. The fourth-order valence-electron chi connectivity index (χ4n) is 2.85. The molecule has 0 fully saturated rings. The quantitative estimate of drug-likeness (QED) is 0.693. The van der Waals surface area contributed by atoms with Crippen LogP contribution < -0.4 is 4.74 Å². The van der Waals surface area contributed by atoms with Crippen LogP contribution in [-0.4, -0.2) is 50.7 Å². The molecule has 0 saturated carbocycles. The van der Waals surface area contributed by atoms with E-state index in [0.29, 0.717) is 23.6 Å². The van der Waals surface area contributed by atoms with Gasteiger partial charge in [0.15, 0.2) is 0 Å². The highest BCUT2D eigenvalue weighted by molar-refractivity contribution is 5.95. The van der Waals surface area contributed by atoms with Crippen molar-refractivity contribution in [2.24, 2.45) is 7.05 Å². The molecule has 1 N–H and O–H groups in total. The number of aliphatic hydroxyl groups excluding tert-OH is 1. The summed E-state index contributed by atoms with van der Waals surface area (Å²) < 4.78 is 7.22. The lowest BCUT2D eigenvalue weighted by Crippen LogP contribution is -2.34. The van der Waals surface area contributed by atoms with Crippen LogP contribution in [0.25, 0.3) is 11.3 Å². The molecule has 0 spiro atoms. The minimum atomic E-state index is -0.177. The molecule has 2 aromatic heterocycles. The van der Waals surface area contributed by atoms with Gasteiger partial charge in [0.2, 0.25) is 0 Å². The van der Waals surface area contributed by atoms with Crippen LogP contribution in [0, 0.1) is 0 Å². The maximum atomic E-state index is 13.0. The van der Waals surface area contributed by atoms with Crippen LogP contribution in [0.3, 0.4) is 0 Å². The van der Waals surface area contributed by atoms with Gasteiger partial charge in [0.25, 0.3) is 5.91 Å². The number of amides is 1. The predicted molar refractivity (Wildman–Crippen MR) is 101 cm³/mol. The molecule has 3 rings (SSSR count). The summed E-state index contributed by atoms with van der Waals surface area (Å²) in [5.41, 5.74) is 1.98. The molecule has 1 aromatic carbocycles. The van der Waals surface area contributed by atoms with E-state index in [2.05, 4.69) is 9.97 Å². The van der Waals surface area contributed by atoms with Crippen LogP contribution in [0.4, 0.5) is 0 Å². The SMILES string of the molecule is COc1cccnc1-c1cccc(C(=O)N(CCO)Cc2nccn2C)c1. The summed E-state index contributed by atoms with van der Waals surface area (Å²) in [5, 5.41) is 9.38. The molecule has 0 unspecified atom stereocenters. The molecule has 7 nitrogen and oxygen atoms in total. The molecule has 0 atom stereocenters. The van der Waals surface area contributed by atoms with E-state index in [1.165, 1.54) is 0 Å². The average molecular weight is 366 g/mol. The van der Waals surface area contributed by atoms with Gasteiger partial charge in [-0.3, -0.25) is 9.78 Å². The Hall–Kier alpha value is -3.19. The maximum Gasteiger partial charge on any atom is 0.254 e. The van der Waals surface area contributed by atoms with Crippen LogP contribution in [0.15, 0.2) is 55.0 Å². The van der Waals surface area contributed by atoms with E-state index >= 15 is 0 Å². The van der Waals surface area contributed by atoms with Crippen molar-refractivity contribution < 1.29 is 14.6 Å². The number of hydrogen-bond donors (Lipinski definition) is 1. The number of ether oxygens (including phenoxy) is 1. The molecular formula is C20H22N4O3. The Morgan fingerprint density at radius 1 is 1.22 bits per heavy atom. The standard InChI is InChI=1S/C20H22N4O3/c1-23-10-9-21-18(23)14-24(11-12-25)20(26)16-6-3-5-15(13-16)19-17(27-2)7-4-8-22-19/h3-10,13,25H,11-12,14H2,1-2H3. The van der Waals surface area contributed by atoms with Crippen LogP contribution in [0.1, 0.15) is 16.2 Å². The van der Waals surface area contributed by atoms with Crippen molar-refractivity contribution in [1.82, 2.24) is 19.4 Å². The molecule has 0 aliphatic heterocycles. The summed E-state index contributed by atoms with van der Waals surface area (Å²) in [7, 11) is 3.46. The van der Waals surface area contributed by atoms with Crippen molar-refractivity contribution in [3.63, 3.8) is 0 Å². The Bertz CT molecular complexity index is 923. The molecule has 7 heteroatoms. The number of carbonyl (C=O) groups is 1. The largest absolute Gasteiger partial charge is 0.494 e. The summed E-state index contributed by atoms with van der Waals surface area (Å²) in [4.78, 5) is 23.3. The summed E-state index contributed by atoms with van der Waals surface area (Å²) in [6.07, 6.45) is 5.20. The number of nitrogens with zero attached hydrogens (tertiary/aromatic N) is 4. The second-order valence-electron chi connectivity index (χ2n) is 6.04. The number of hydrogen-bond acceptors (Lipinski definition) is 5. The summed E-state index contributed by atoms with van der Waals surface area (Å²) >= 11 is 0. The summed E-state index contributed by atoms with van der Waals surface area (Å²) in [6.45, 7) is 0.423. The third kappa shape index (κ3) is 4.15. The van der Waals surface area contributed by atoms with Crippen LogP contribution >= 0.6 is 0 Å². The molecule has 0 aliphatic carbocycles. The third-order valence-corrected chi connectivity index (χ3v) is 4.28. The minimum absolute atomic E-state index is 0.121. The zero-order valence-corrected chi connectivity index (χ0v) is 15.4.